The Hall–Kier alpha value is -6.74. The van der Waals surface area contributed by atoms with Gasteiger partial charge < -0.3 is 4.90 Å². The molecule has 9 aromatic carbocycles. The zero-order valence-corrected chi connectivity index (χ0v) is 35.1. The minimum atomic E-state index is -0.165. The smallest absolute Gasteiger partial charge is 0.0468 e. The van der Waals surface area contributed by atoms with Crippen molar-refractivity contribution in [2.45, 2.75) is 38.5 Å². The lowest BCUT2D eigenvalue weighted by Gasteiger charge is -2.29. The van der Waals surface area contributed by atoms with E-state index in [0.717, 1.165) is 17.1 Å². The van der Waals surface area contributed by atoms with E-state index >= 15 is 0 Å². The molecule has 0 atom stereocenters. The number of rotatable bonds is 5. The Morgan fingerprint density at radius 3 is 1.78 bits per heavy atom. The molecular formula is C58H43NS. The zero-order valence-electron chi connectivity index (χ0n) is 34.3. The molecular weight excluding hydrogens is 743 g/mol. The van der Waals surface area contributed by atoms with Crippen LogP contribution in [-0.2, 0) is 10.8 Å². The first kappa shape index (κ1) is 35.2. The molecule has 10 aromatic rings. The van der Waals surface area contributed by atoms with E-state index in [1.807, 2.05) is 11.3 Å². The van der Waals surface area contributed by atoms with Crippen LogP contribution in [0.15, 0.2) is 188 Å². The van der Waals surface area contributed by atoms with E-state index in [9.17, 15) is 0 Å². The number of fused-ring (bicyclic) bond motifs is 11. The fourth-order valence-corrected chi connectivity index (χ4v) is 12.0. The number of thiophene rings is 1. The molecule has 2 aliphatic carbocycles. The van der Waals surface area contributed by atoms with Crippen LogP contribution in [0.25, 0.3) is 75.5 Å². The van der Waals surface area contributed by atoms with Gasteiger partial charge in [0.2, 0.25) is 0 Å². The third-order valence-electron chi connectivity index (χ3n) is 13.6. The van der Waals surface area contributed by atoms with Crippen LogP contribution in [-0.4, -0.2) is 0 Å². The first-order valence-corrected chi connectivity index (χ1v) is 21.9. The summed E-state index contributed by atoms with van der Waals surface area (Å²) in [6.45, 7) is 9.55. The Balaban J connectivity index is 1.05. The van der Waals surface area contributed by atoms with Crippen molar-refractivity contribution in [3.8, 4) is 44.5 Å². The number of benzene rings is 9. The predicted octanol–water partition coefficient (Wildman–Crippen LogP) is 16.6. The lowest BCUT2D eigenvalue weighted by Crippen LogP contribution is -2.17. The second-order valence-electron chi connectivity index (χ2n) is 17.7. The molecule has 0 unspecified atom stereocenters. The van der Waals surface area contributed by atoms with Crippen LogP contribution >= 0.6 is 11.3 Å². The number of hydrogen-bond donors (Lipinski definition) is 0. The molecule has 0 spiro atoms. The van der Waals surface area contributed by atoms with E-state index in [4.69, 9.17) is 0 Å². The monoisotopic (exact) mass is 785 g/mol. The summed E-state index contributed by atoms with van der Waals surface area (Å²) in [5.41, 5.74) is 19.0. The molecule has 0 N–H and O–H groups in total. The average Bonchev–Trinajstić information content (AvgIpc) is 3.86. The number of anilines is 3. The molecule has 286 valence electrons. The molecule has 2 heteroatoms. The largest absolute Gasteiger partial charge is 0.310 e. The molecule has 0 bridgehead atoms. The van der Waals surface area contributed by atoms with E-state index in [-0.39, 0.29) is 10.8 Å². The predicted molar refractivity (Wildman–Crippen MR) is 258 cm³/mol. The minimum Gasteiger partial charge on any atom is -0.310 e. The summed E-state index contributed by atoms with van der Waals surface area (Å²) < 4.78 is 2.67. The van der Waals surface area contributed by atoms with Crippen LogP contribution in [0.3, 0.4) is 0 Å². The topological polar surface area (TPSA) is 3.24 Å². The standard InChI is InChI=1S/C58H43NS/c1-57(2)51-23-12-10-18-43(51)44-31-29-40(34-53(44)57)59(38-27-25-37(26-28-38)41-21-14-22-47-45-19-11-13-24-54(45)60-56(41)47)39-30-32-52-49(33-39)50-35-48(36-15-6-5-7-16-36)42-17-8-9-20-46(42)55(50)58(52,3)4/h5-35H,1-4H3. The van der Waals surface area contributed by atoms with Crippen molar-refractivity contribution >= 4 is 59.3 Å². The van der Waals surface area contributed by atoms with Gasteiger partial charge in [-0.3, -0.25) is 0 Å². The highest BCUT2D eigenvalue weighted by Gasteiger charge is 2.39. The average molecular weight is 786 g/mol. The van der Waals surface area contributed by atoms with Crippen molar-refractivity contribution in [1.82, 2.24) is 0 Å². The van der Waals surface area contributed by atoms with Gasteiger partial charge in [-0.15, -0.1) is 11.3 Å². The molecule has 1 heterocycles. The van der Waals surface area contributed by atoms with Gasteiger partial charge >= 0.3 is 0 Å². The molecule has 60 heavy (non-hydrogen) atoms. The highest BCUT2D eigenvalue weighted by Crippen LogP contribution is 2.56. The van der Waals surface area contributed by atoms with Gasteiger partial charge in [-0.2, -0.15) is 0 Å². The molecule has 2 aliphatic rings. The molecule has 0 radical (unpaired) electrons. The van der Waals surface area contributed by atoms with Gasteiger partial charge in [0.1, 0.15) is 0 Å². The van der Waals surface area contributed by atoms with Crippen molar-refractivity contribution in [2.24, 2.45) is 0 Å². The van der Waals surface area contributed by atoms with Crippen LogP contribution < -0.4 is 4.90 Å². The van der Waals surface area contributed by atoms with Crippen LogP contribution in [0.4, 0.5) is 17.1 Å². The Kier molecular flexibility index (Phi) is 7.56. The van der Waals surface area contributed by atoms with Crippen LogP contribution in [0.5, 0.6) is 0 Å². The number of nitrogens with zero attached hydrogens (tertiary/aromatic N) is 1. The Labute approximate surface area is 355 Å². The SMILES string of the molecule is CC1(C)c2ccccc2-c2ccc(N(c3ccc(-c4cccc5c4sc4ccccc45)cc3)c3ccc4c(c3)-c3cc(-c5ccccc5)c5ccccc5c3C4(C)C)cc21. The van der Waals surface area contributed by atoms with Gasteiger partial charge in [-0.25, -0.2) is 0 Å². The quantitative estimate of drug-likeness (QED) is 0.168. The molecule has 1 nitrogen and oxygen atoms in total. The molecule has 0 fully saturated rings. The van der Waals surface area contributed by atoms with Gasteiger partial charge in [-0.05, 0) is 126 Å². The first-order valence-electron chi connectivity index (χ1n) is 21.1. The minimum absolute atomic E-state index is 0.115. The van der Waals surface area contributed by atoms with E-state index in [0.29, 0.717) is 0 Å². The highest BCUT2D eigenvalue weighted by atomic mass is 32.1. The van der Waals surface area contributed by atoms with Gasteiger partial charge in [0, 0.05) is 48.1 Å². The maximum absolute atomic E-state index is 2.48. The Morgan fingerprint density at radius 2 is 0.950 bits per heavy atom. The van der Waals surface area contributed by atoms with Crippen molar-refractivity contribution in [3.05, 3.63) is 210 Å². The highest BCUT2D eigenvalue weighted by molar-refractivity contribution is 7.26. The van der Waals surface area contributed by atoms with Crippen molar-refractivity contribution in [1.29, 1.82) is 0 Å². The van der Waals surface area contributed by atoms with Crippen LogP contribution in [0, 0.1) is 0 Å². The number of hydrogen-bond acceptors (Lipinski definition) is 2. The molecule has 0 saturated heterocycles. The summed E-state index contributed by atoms with van der Waals surface area (Å²) in [6, 6.07) is 70.4. The summed E-state index contributed by atoms with van der Waals surface area (Å²) >= 11 is 1.89. The summed E-state index contributed by atoms with van der Waals surface area (Å²) in [6.07, 6.45) is 0. The van der Waals surface area contributed by atoms with Gasteiger partial charge in [-0.1, -0.05) is 167 Å². The Bertz CT molecular complexity index is 3370. The van der Waals surface area contributed by atoms with Gasteiger partial charge in [0.25, 0.3) is 0 Å². The molecule has 0 aliphatic heterocycles. The van der Waals surface area contributed by atoms with Crippen molar-refractivity contribution in [2.75, 3.05) is 4.90 Å². The summed E-state index contributed by atoms with van der Waals surface area (Å²) in [5, 5.41) is 5.29. The summed E-state index contributed by atoms with van der Waals surface area (Å²) in [4.78, 5) is 2.48. The summed E-state index contributed by atoms with van der Waals surface area (Å²) in [5.74, 6) is 0. The fraction of sp³-hybridized carbons (Fsp3) is 0.103. The molecule has 0 saturated carbocycles. The van der Waals surface area contributed by atoms with Crippen LogP contribution in [0.2, 0.25) is 0 Å². The maximum atomic E-state index is 2.48. The van der Waals surface area contributed by atoms with E-state index in [2.05, 4.69) is 221 Å². The first-order chi connectivity index (χ1) is 29.3. The van der Waals surface area contributed by atoms with Crippen molar-refractivity contribution in [3.63, 3.8) is 0 Å². The molecule has 0 amide bonds. The van der Waals surface area contributed by atoms with Crippen LogP contribution in [0.1, 0.15) is 49.9 Å². The molecule has 12 rings (SSSR count). The lowest BCUT2D eigenvalue weighted by molar-refractivity contribution is 0.660. The van der Waals surface area contributed by atoms with Gasteiger partial charge in [0.05, 0.1) is 0 Å². The second kappa shape index (κ2) is 12.9. The van der Waals surface area contributed by atoms with E-state index in [1.54, 1.807) is 0 Å². The maximum Gasteiger partial charge on any atom is 0.0468 e. The normalized spacial score (nSPS) is 14.3. The van der Waals surface area contributed by atoms with E-state index in [1.165, 1.54) is 97.7 Å². The second-order valence-corrected chi connectivity index (χ2v) is 18.7. The van der Waals surface area contributed by atoms with E-state index < -0.39 is 0 Å². The zero-order chi connectivity index (χ0) is 40.3. The molecule has 1 aromatic heterocycles. The fourth-order valence-electron chi connectivity index (χ4n) is 10.7. The Morgan fingerprint density at radius 1 is 0.350 bits per heavy atom. The van der Waals surface area contributed by atoms with Crippen molar-refractivity contribution < 1.29 is 0 Å². The third kappa shape index (κ3) is 5.04. The lowest BCUT2D eigenvalue weighted by atomic mass is 9.79. The summed E-state index contributed by atoms with van der Waals surface area (Å²) in [7, 11) is 0. The third-order valence-corrected chi connectivity index (χ3v) is 14.9. The van der Waals surface area contributed by atoms with Gasteiger partial charge in [0.15, 0.2) is 0 Å².